The van der Waals surface area contributed by atoms with Crippen molar-refractivity contribution in [2.75, 3.05) is 26.4 Å². The first-order valence-corrected chi connectivity index (χ1v) is 11.6. The van der Waals surface area contributed by atoms with E-state index in [2.05, 4.69) is 0 Å². The van der Waals surface area contributed by atoms with E-state index in [1.807, 2.05) is 49.3 Å². The maximum absolute atomic E-state index is 13.6. The summed E-state index contributed by atoms with van der Waals surface area (Å²) in [5.74, 6) is 0.649. The van der Waals surface area contributed by atoms with Crippen LogP contribution in [-0.4, -0.2) is 39.7 Å². The van der Waals surface area contributed by atoms with E-state index >= 15 is 0 Å². The number of halogens is 3. The lowest BCUT2D eigenvalue weighted by Crippen LogP contribution is -2.21. The molecular formula is C20H25F3N2O2S2. The fourth-order valence-electron chi connectivity index (χ4n) is 2.90. The zero-order chi connectivity index (χ0) is 21.7. The highest BCUT2D eigenvalue weighted by Gasteiger charge is 2.35. The fourth-order valence-corrected chi connectivity index (χ4v) is 4.50. The minimum Gasteiger partial charge on any atom is -0.309 e. The standard InChI is InChI=1S/C20H25F3N2O2S2/c1-25(2)11-10-15(14-28-17-6-4-3-5-7-17)12-16-8-9-18(29(24,26)27)13-19(16)20(21,22)23/h3-9,13,15H,10-12,14H2,1-2H3,(H2,24,26,27)/t15-/m0/s1. The van der Waals surface area contributed by atoms with Crippen molar-refractivity contribution < 1.29 is 21.6 Å². The monoisotopic (exact) mass is 446 g/mol. The molecule has 9 heteroatoms. The van der Waals surface area contributed by atoms with Gasteiger partial charge in [0, 0.05) is 10.6 Å². The van der Waals surface area contributed by atoms with Gasteiger partial charge in [0.1, 0.15) is 0 Å². The van der Waals surface area contributed by atoms with E-state index in [4.69, 9.17) is 5.14 Å². The topological polar surface area (TPSA) is 63.4 Å². The van der Waals surface area contributed by atoms with E-state index in [1.54, 1.807) is 11.8 Å². The second-order valence-corrected chi connectivity index (χ2v) is 9.80. The predicted octanol–water partition coefficient (Wildman–Crippen LogP) is 4.26. The number of sulfonamides is 1. The number of rotatable bonds is 9. The van der Waals surface area contributed by atoms with Crippen molar-refractivity contribution in [3.05, 3.63) is 59.7 Å². The van der Waals surface area contributed by atoms with Gasteiger partial charge in [-0.05, 0) is 69.2 Å². The van der Waals surface area contributed by atoms with Gasteiger partial charge in [-0.2, -0.15) is 13.2 Å². The molecule has 160 valence electrons. The van der Waals surface area contributed by atoms with Crippen LogP contribution in [0.5, 0.6) is 0 Å². The number of nitrogens with zero attached hydrogens (tertiary/aromatic N) is 1. The molecule has 2 aromatic rings. The molecule has 0 aliphatic carbocycles. The Kier molecular flexibility index (Phi) is 8.16. The highest BCUT2D eigenvalue weighted by molar-refractivity contribution is 7.99. The molecular weight excluding hydrogens is 421 g/mol. The smallest absolute Gasteiger partial charge is 0.309 e. The Labute approximate surface area is 174 Å². The number of alkyl halides is 3. The van der Waals surface area contributed by atoms with Crippen molar-refractivity contribution in [1.29, 1.82) is 0 Å². The van der Waals surface area contributed by atoms with Crippen molar-refractivity contribution in [2.45, 2.75) is 28.8 Å². The van der Waals surface area contributed by atoms with Crippen LogP contribution in [0.15, 0.2) is 58.3 Å². The van der Waals surface area contributed by atoms with Crippen LogP contribution in [0.2, 0.25) is 0 Å². The molecule has 0 radical (unpaired) electrons. The summed E-state index contributed by atoms with van der Waals surface area (Å²) in [5, 5.41) is 5.01. The lowest BCUT2D eigenvalue weighted by Gasteiger charge is -2.22. The molecule has 0 heterocycles. The second kappa shape index (κ2) is 9.97. The van der Waals surface area contributed by atoms with Gasteiger partial charge < -0.3 is 4.90 Å². The van der Waals surface area contributed by atoms with Crippen molar-refractivity contribution in [1.82, 2.24) is 4.90 Å². The third-order valence-electron chi connectivity index (χ3n) is 4.44. The molecule has 0 fully saturated rings. The lowest BCUT2D eigenvalue weighted by molar-refractivity contribution is -0.138. The summed E-state index contributed by atoms with van der Waals surface area (Å²) in [4.78, 5) is 2.52. The summed E-state index contributed by atoms with van der Waals surface area (Å²) >= 11 is 1.60. The van der Waals surface area contributed by atoms with E-state index in [1.165, 1.54) is 6.07 Å². The van der Waals surface area contributed by atoms with Crippen molar-refractivity contribution in [3.8, 4) is 0 Å². The van der Waals surface area contributed by atoms with E-state index in [0.29, 0.717) is 11.8 Å². The third-order valence-corrected chi connectivity index (χ3v) is 6.59. The van der Waals surface area contributed by atoms with Crippen LogP contribution in [0, 0.1) is 5.92 Å². The molecule has 0 saturated carbocycles. The summed E-state index contributed by atoms with van der Waals surface area (Å²) in [5.41, 5.74) is -0.856. The minimum absolute atomic E-state index is 0.0101. The molecule has 4 nitrogen and oxygen atoms in total. The van der Waals surface area contributed by atoms with Gasteiger partial charge in [-0.15, -0.1) is 11.8 Å². The Morgan fingerprint density at radius 1 is 1.10 bits per heavy atom. The fraction of sp³-hybridized carbons (Fsp3) is 0.400. The highest BCUT2D eigenvalue weighted by atomic mass is 32.2. The number of primary sulfonamides is 1. The molecule has 0 aliphatic rings. The number of benzene rings is 2. The number of thioether (sulfide) groups is 1. The minimum atomic E-state index is -4.66. The normalized spacial score (nSPS) is 13.6. The number of hydrogen-bond donors (Lipinski definition) is 1. The molecule has 0 aromatic heterocycles. The molecule has 0 saturated heterocycles. The van der Waals surface area contributed by atoms with E-state index < -0.39 is 26.7 Å². The van der Waals surface area contributed by atoms with Crippen LogP contribution in [-0.2, 0) is 22.6 Å². The van der Waals surface area contributed by atoms with Crippen LogP contribution in [0.3, 0.4) is 0 Å². The third kappa shape index (κ3) is 7.65. The molecule has 1 atom stereocenters. The molecule has 2 rings (SSSR count). The predicted molar refractivity (Wildman–Crippen MR) is 110 cm³/mol. The summed E-state index contributed by atoms with van der Waals surface area (Å²) in [6.07, 6.45) is -3.73. The van der Waals surface area contributed by atoms with Gasteiger partial charge in [-0.3, -0.25) is 0 Å². The van der Waals surface area contributed by atoms with Gasteiger partial charge in [-0.25, -0.2) is 13.6 Å². The zero-order valence-electron chi connectivity index (χ0n) is 16.3. The Hall–Kier alpha value is -1.55. The first kappa shape index (κ1) is 23.7. The zero-order valence-corrected chi connectivity index (χ0v) is 17.9. The van der Waals surface area contributed by atoms with Crippen LogP contribution in [0.25, 0.3) is 0 Å². The Morgan fingerprint density at radius 2 is 1.76 bits per heavy atom. The number of nitrogens with two attached hydrogens (primary N) is 1. The van der Waals surface area contributed by atoms with Crippen LogP contribution >= 0.6 is 11.8 Å². The Morgan fingerprint density at radius 3 is 2.31 bits per heavy atom. The number of hydrogen-bond acceptors (Lipinski definition) is 4. The first-order valence-electron chi connectivity index (χ1n) is 9.02. The molecule has 2 N–H and O–H groups in total. The van der Waals surface area contributed by atoms with Crippen molar-refractivity contribution >= 4 is 21.8 Å². The Bertz CT molecular complexity index is 902. The summed E-state index contributed by atoms with van der Waals surface area (Å²) in [6.45, 7) is 0.747. The molecule has 0 amide bonds. The summed E-state index contributed by atoms with van der Waals surface area (Å²) in [7, 11) is -0.369. The van der Waals surface area contributed by atoms with Gasteiger partial charge in [-0.1, -0.05) is 24.3 Å². The van der Waals surface area contributed by atoms with Gasteiger partial charge in [0.15, 0.2) is 0 Å². The molecule has 29 heavy (non-hydrogen) atoms. The van der Waals surface area contributed by atoms with E-state index in [9.17, 15) is 21.6 Å². The van der Waals surface area contributed by atoms with Crippen LogP contribution in [0.1, 0.15) is 17.5 Å². The molecule has 0 unspecified atom stereocenters. The van der Waals surface area contributed by atoms with Crippen LogP contribution < -0.4 is 5.14 Å². The largest absolute Gasteiger partial charge is 0.416 e. The summed E-state index contributed by atoms with van der Waals surface area (Å²) in [6, 6.07) is 12.7. The average Bonchev–Trinajstić information content (AvgIpc) is 2.63. The second-order valence-electron chi connectivity index (χ2n) is 7.15. The Balaban J connectivity index is 2.28. The molecule has 0 spiro atoms. The van der Waals surface area contributed by atoms with Gasteiger partial charge in [0.05, 0.1) is 10.5 Å². The molecule has 0 aliphatic heterocycles. The van der Waals surface area contributed by atoms with Crippen LogP contribution in [0.4, 0.5) is 13.2 Å². The van der Waals surface area contributed by atoms with E-state index in [0.717, 1.165) is 23.9 Å². The molecule has 0 bridgehead atoms. The van der Waals surface area contributed by atoms with Crippen molar-refractivity contribution in [3.63, 3.8) is 0 Å². The van der Waals surface area contributed by atoms with Gasteiger partial charge >= 0.3 is 6.18 Å². The average molecular weight is 447 g/mol. The molecule has 2 aromatic carbocycles. The highest BCUT2D eigenvalue weighted by Crippen LogP contribution is 2.35. The maximum Gasteiger partial charge on any atom is 0.416 e. The summed E-state index contributed by atoms with van der Waals surface area (Å²) < 4.78 is 63.7. The van der Waals surface area contributed by atoms with Gasteiger partial charge in [0.2, 0.25) is 10.0 Å². The van der Waals surface area contributed by atoms with E-state index in [-0.39, 0.29) is 17.9 Å². The first-order chi connectivity index (χ1) is 13.5. The lowest BCUT2D eigenvalue weighted by atomic mass is 9.94. The SMILES string of the molecule is CN(C)CC[C@H](CSc1ccccc1)Cc1ccc(S(N)(=O)=O)cc1C(F)(F)F. The van der Waals surface area contributed by atoms with Crippen molar-refractivity contribution in [2.24, 2.45) is 11.1 Å². The maximum atomic E-state index is 13.6. The van der Waals surface area contributed by atoms with Gasteiger partial charge in [0.25, 0.3) is 0 Å². The quantitative estimate of drug-likeness (QED) is 0.585.